The summed E-state index contributed by atoms with van der Waals surface area (Å²) in [7, 11) is 0. The van der Waals surface area contributed by atoms with Gasteiger partial charge >= 0.3 is 0 Å². The summed E-state index contributed by atoms with van der Waals surface area (Å²) in [6, 6.07) is 8.30. The maximum atomic E-state index is 5.94. The third-order valence-corrected chi connectivity index (χ3v) is 4.87. The fraction of sp³-hybridized carbons (Fsp3) is 0.700. The average Bonchev–Trinajstić information content (AvgIpc) is 2.63. The summed E-state index contributed by atoms with van der Waals surface area (Å²) >= 11 is 0. The molecule has 2 aliphatic heterocycles. The van der Waals surface area contributed by atoms with Crippen LogP contribution in [0.5, 0.6) is 0 Å². The molecule has 134 valence electrons. The van der Waals surface area contributed by atoms with E-state index in [-0.39, 0.29) is 18.5 Å². The molecule has 2 fully saturated rings. The lowest BCUT2D eigenvalue weighted by molar-refractivity contribution is -0.283. The first-order chi connectivity index (χ1) is 11.8. The van der Waals surface area contributed by atoms with Crippen LogP contribution in [0.1, 0.15) is 50.0 Å². The summed E-state index contributed by atoms with van der Waals surface area (Å²) in [6.07, 6.45) is 4.57. The van der Waals surface area contributed by atoms with E-state index in [1.165, 1.54) is 31.2 Å². The van der Waals surface area contributed by atoms with Crippen molar-refractivity contribution < 1.29 is 18.9 Å². The normalized spacial score (nSPS) is 31.1. The molecule has 0 spiro atoms. The van der Waals surface area contributed by atoms with E-state index in [9.17, 15) is 0 Å². The molecule has 0 radical (unpaired) electrons. The molecule has 2 saturated heterocycles. The molecule has 24 heavy (non-hydrogen) atoms. The van der Waals surface area contributed by atoms with Gasteiger partial charge in [-0.25, -0.2) is 0 Å². The minimum atomic E-state index is -0.271. The van der Waals surface area contributed by atoms with Crippen molar-refractivity contribution in [2.24, 2.45) is 11.8 Å². The van der Waals surface area contributed by atoms with Crippen LogP contribution in [0.4, 0.5) is 0 Å². The molecule has 0 N–H and O–H groups in total. The minimum absolute atomic E-state index is 0.156. The van der Waals surface area contributed by atoms with E-state index in [1.807, 2.05) is 0 Å². The Labute approximate surface area is 145 Å². The van der Waals surface area contributed by atoms with Gasteiger partial charge in [0.05, 0.1) is 32.3 Å². The number of unbranched alkanes of at least 4 members (excludes halogenated alkanes) is 2. The van der Waals surface area contributed by atoms with Gasteiger partial charge in [-0.05, 0) is 13.3 Å². The van der Waals surface area contributed by atoms with Gasteiger partial charge < -0.3 is 18.9 Å². The van der Waals surface area contributed by atoms with Crippen LogP contribution in [0.2, 0.25) is 0 Å². The third-order valence-electron chi connectivity index (χ3n) is 4.87. The summed E-state index contributed by atoms with van der Waals surface area (Å²) in [4.78, 5) is 0. The monoisotopic (exact) mass is 334 g/mol. The fourth-order valence-electron chi connectivity index (χ4n) is 3.27. The highest BCUT2D eigenvalue weighted by Gasteiger charge is 2.33. The maximum Gasteiger partial charge on any atom is 0.183 e. The van der Waals surface area contributed by atoms with E-state index in [2.05, 4.69) is 38.1 Å². The Morgan fingerprint density at radius 2 is 1.54 bits per heavy atom. The first kappa shape index (κ1) is 17.9. The predicted molar refractivity (Wildman–Crippen MR) is 92.6 cm³/mol. The van der Waals surface area contributed by atoms with Crippen molar-refractivity contribution >= 4 is 0 Å². The molecular weight excluding hydrogens is 304 g/mol. The smallest absolute Gasteiger partial charge is 0.183 e. The molecule has 0 amide bonds. The van der Waals surface area contributed by atoms with Gasteiger partial charge in [-0.3, -0.25) is 0 Å². The zero-order valence-electron chi connectivity index (χ0n) is 14.9. The zero-order valence-corrected chi connectivity index (χ0v) is 14.9. The van der Waals surface area contributed by atoms with Gasteiger partial charge in [-0.2, -0.15) is 0 Å². The summed E-state index contributed by atoms with van der Waals surface area (Å²) in [6.45, 7) is 7.14. The Morgan fingerprint density at radius 1 is 0.875 bits per heavy atom. The topological polar surface area (TPSA) is 36.9 Å². The van der Waals surface area contributed by atoms with Gasteiger partial charge in [0.1, 0.15) is 0 Å². The van der Waals surface area contributed by atoms with Crippen molar-refractivity contribution in [1.29, 1.82) is 0 Å². The van der Waals surface area contributed by atoms with Crippen LogP contribution >= 0.6 is 0 Å². The largest absolute Gasteiger partial charge is 0.352 e. The maximum absolute atomic E-state index is 5.94. The quantitative estimate of drug-likeness (QED) is 0.730. The Kier molecular flexibility index (Phi) is 6.67. The SMILES string of the molecule is CCCCC[C@H]1CO[C@H]([C@H]2CO[C@H](c3ccc(C)cc3)OC2)OC1. The second-order valence-electron chi connectivity index (χ2n) is 7.07. The highest BCUT2D eigenvalue weighted by Crippen LogP contribution is 2.29. The number of ether oxygens (including phenoxy) is 4. The van der Waals surface area contributed by atoms with Gasteiger partial charge in [-0.1, -0.05) is 56.0 Å². The van der Waals surface area contributed by atoms with Gasteiger partial charge in [0.25, 0.3) is 0 Å². The molecule has 3 rings (SSSR count). The summed E-state index contributed by atoms with van der Waals surface area (Å²) in [5, 5.41) is 0. The van der Waals surface area contributed by atoms with E-state index >= 15 is 0 Å². The van der Waals surface area contributed by atoms with Crippen LogP contribution in [-0.2, 0) is 18.9 Å². The fourth-order valence-corrected chi connectivity index (χ4v) is 3.27. The van der Waals surface area contributed by atoms with Crippen molar-refractivity contribution in [2.75, 3.05) is 26.4 Å². The van der Waals surface area contributed by atoms with Gasteiger partial charge in [0, 0.05) is 11.5 Å². The highest BCUT2D eigenvalue weighted by atomic mass is 16.7. The third kappa shape index (κ3) is 4.79. The van der Waals surface area contributed by atoms with Crippen molar-refractivity contribution in [1.82, 2.24) is 0 Å². The van der Waals surface area contributed by atoms with E-state index in [4.69, 9.17) is 18.9 Å². The van der Waals surface area contributed by atoms with E-state index in [1.54, 1.807) is 0 Å². The van der Waals surface area contributed by atoms with Crippen LogP contribution in [0, 0.1) is 18.8 Å². The van der Waals surface area contributed by atoms with Crippen molar-refractivity contribution in [3.63, 3.8) is 0 Å². The van der Waals surface area contributed by atoms with Gasteiger partial charge in [0.2, 0.25) is 0 Å². The zero-order chi connectivity index (χ0) is 16.8. The molecule has 0 aromatic heterocycles. The van der Waals surface area contributed by atoms with Crippen LogP contribution in [0.15, 0.2) is 24.3 Å². The number of hydrogen-bond acceptors (Lipinski definition) is 4. The standard InChI is InChI=1S/C20H30O4/c1-3-4-5-6-16-11-21-20(22-12-16)18-13-23-19(24-14-18)17-9-7-15(2)8-10-17/h7-10,16,18-20H,3-6,11-14H2,1-2H3/t16-,18-,19-,20-. The molecule has 0 unspecified atom stereocenters. The molecule has 2 aliphatic rings. The predicted octanol–water partition coefficient (Wildman–Crippen LogP) is 4.23. The number of hydrogen-bond donors (Lipinski definition) is 0. The van der Waals surface area contributed by atoms with Gasteiger partial charge in [-0.15, -0.1) is 0 Å². The summed E-state index contributed by atoms with van der Waals surface area (Å²) in [5.74, 6) is 0.696. The molecule has 0 aliphatic carbocycles. The molecule has 2 heterocycles. The van der Waals surface area contributed by atoms with E-state index in [0.29, 0.717) is 19.1 Å². The second-order valence-corrected chi connectivity index (χ2v) is 7.07. The Bertz CT molecular complexity index is 471. The van der Waals surface area contributed by atoms with Crippen molar-refractivity contribution in [3.05, 3.63) is 35.4 Å². The number of aryl methyl sites for hydroxylation is 1. The molecular formula is C20H30O4. The Hall–Kier alpha value is -0.940. The van der Waals surface area contributed by atoms with E-state index < -0.39 is 0 Å². The number of rotatable bonds is 6. The van der Waals surface area contributed by atoms with E-state index in [0.717, 1.165) is 18.8 Å². The molecule has 1 aromatic rings. The van der Waals surface area contributed by atoms with Crippen LogP contribution in [0.25, 0.3) is 0 Å². The summed E-state index contributed by atoms with van der Waals surface area (Å²) in [5.41, 5.74) is 2.31. The van der Waals surface area contributed by atoms with Crippen molar-refractivity contribution in [2.45, 2.75) is 52.1 Å². The first-order valence-corrected chi connectivity index (χ1v) is 9.29. The lowest BCUT2D eigenvalue weighted by atomic mass is 10.0. The lowest BCUT2D eigenvalue weighted by Crippen LogP contribution is -2.43. The highest BCUT2D eigenvalue weighted by molar-refractivity contribution is 5.22. The van der Waals surface area contributed by atoms with Crippen LogP contribution < -0.4 is 0 Å². The molecule has 4 heteroatoms. The van der Waals surface area contributed by atoms with Crippen LogP contribution in [-0.4, -0.2) is 32.7 Å². The minimum Gasteiger partial charge on any atom is -0.352 e. The first-order valence-electron chi connectivity index (χ1n) is 9.29. The molecule has 1 aromatic carbocycles. The molecule has 0 atom stereocenters. The number of benzene rings is 1. The second kappa shape index (κ2) is 8.95. The molecule has 0 bridgehead atoms. The lowest BCUT2D eigenvalue weighted by Gasteiger charge is -2.37. The Balaban J connectivity index is 1.40. The average molecular weight is 334 g/mol. The molecule has 0 saturated carbocycles. The van der Waals surface area contributed by atoms with Crippen LogP contribution in [0.3, 0.4) is 0 Å². The van der Waals surface area contributed by atoms with Crippen molar-refractivity contribution in [3.8, 4) is 0 Å². The summed E-state index contributed by atoms with van der Waals surface area (Å²) < 4.78 is 23.7. The molecule has 4 nitrogen and oxygen atoms in total. The van der Waals surface area contributed by atoms with Gasteiger partial charge in [0.15, 0.2) is 12.6 Å². The Morgan fingerprint density at radius 3 is 2.17 bits per heavy atom.